The Kier molecular flexibility index (Phi) is 4.86. The van der Waals surface area contributed by atoms with Crippen molar-refractivity contribution in [2.75, 3.05) is 24.5 Å². The number of amides is 1. The van der Waals surface area contributed by atoms with E-state index in [9.17, 15) is 9.59 Å². The SMILES string of the molecule is Cc1ccc2c3c1C(=O)C(=O)N3C(C)(C)C=C2CN1CCC(Cc2ccccc2)CC1. The molecular weight excluding hydrogens is 384 g/mol. The average Bonchev–Trinajstić information content (AvgIpc) is 3.02. The summed E-state index contributed by atoms with van der Waals surface area (Å²) in [6.07, 6.45) is 5.78. The van der Waals surface area contributed by atoms with Gasteiger partial charge in [0.2, 0.25) is 0 Å². The molecule has 3 aliphatic heterocycles. The molecule has 0 N–H and O–H groups in total. The molecular formula is C27H30N2O2. The summed E-state index contributed by atoms with van der Waals surface area (Å²) >= 11 is 0. The standard InChI is InChI=1S/C27H30N2O2/c1-18-9-10-22-21(16-27(2,3)29-24(22)23(18)25(30)26(29)31)17-28-13-11-20(12-14-28)15-19-7-5-4-6-8-19/h4-10,16,20H,11-15,17H2,1-3H3. The maximum absolute atomic E-state index is 12.8. The van der Waals surface area contributed by atoms with Crippen molar-refractivity contribution < 1.29 is 9.59 Å². The normalized spacial score (nSPS) is 20.7. The maximum Gasteiger partial charge on any atom is 0.300 e. The molecule has 0 radical (unpaired) electrons. The molecule has 1 amide bonds. The minimum atomic E-state index is -0.500. The largest absolute Gasteiger partial charge is 0.300 e. The first-order chi connectivity index (χ1) is 14.8. The van der Waals surface area contributed by atoms with Crippen LogP contribution < -0.4 is 4.90 Å². The molecule has 0 saturated carbocycles. The number of ketones is 1. The third-order valence-electron chi connectivity index (χ3n) is 7.15. The summed E-state index contributed by atoms with van der Waals surface area (Å²) in [6.45, 7) is 9.03. The maximum atomic E-state index is 12.8. The van der Waals surface area contributed by atoms with Crippen LogP contribution in [-0.2, 0) is 11.2 Å². The Bertz CT molecular complexity index is 1080. The number of anilines is 1. The third-order valence-corrected chi connectivity index (χ3v) is 7.15. The summed E-state index contributed by atoms with van der Waals surface area (Å²) < 4.78 is 0. The molecule has 0 aromatic heterocycles. The van der Waals surface area contributed by atoms with Gasteiger partial charge in [-0.05, 0) is 75.7 Å². The zero-order valence-corrected chi connectivity index (χ0v) is 18.6. The van der Waals surface area contributed by atoms with Gasteiger partial charge in [-0.25, -0.2) is 0 Å². The number of Topliss-reactive ketones (excluding diaryl/α,β-unsaturated/α-hetero) is 1. The zero-order valence-electron chi connectivity index (χ0n) is 18.6. The van der Waals surface area contributed by atoms with Gasteiger partial charge in [0.1, 0.15) is 0 Å². The van der Waals surface area contributed by atoms with Gasteiger partial charge in [-0.1, -0.05) is 48.5 Å². The molecule has 0 aliphatic carbocycles. The number of carbonyl (C=O) groups excluding carboxylic acids is 2. The number of likely N-dealkylation sites (tertiary alicyclic amines) is 1. The van der Waals surface area contributed by atoms with Gasteiger partial charge in [0.15, 0.2) is 0 Å². The molecule has 0 bridgehead atoms. The van der Waals surface area contributed by atoms with E-state index in [0.717, 1.165) is 48.8 Å². The minimum Gasteiger partial charge on any atom is -0.299 e. The average molecular weight is 415 g/mol. The molecule has 0 spiro atoms. The van der Waals surface area contributed by atoms with Crippen molar-refractivity contribution in [3.05, 3.63) is 70.8 Å². The summed E-state index contributed by atoms with van der Waals surface area (Å²) in [7, 11) is 0. The summed E-state index contributed by atoms with van der Waals surface area (Å²) in [4.78, 5) is 29.7. The van der Waals surface area contributed by atoms with Crippen molar-refractivity contribution >= 4 is 23.0 Å². The molecule has 0 unspecified atom stereocenters. The molecule has 5 rings (SSSR count). The van der Waals surface area contributed by atoms with Crippen molar-refractivity contribution in [1.29, 1.82) is 0 Å². The Morgan fingerprint density at radius 2 is 1.71 bits per heavy atom. The van der Waals surface area contributed by atoms with Crippen molar-refractivity contribution in [1.82, 2.24) is 4.90 Å². The number of rotatable bonds is 4. The first-order valence-corrected chi connectivity index (χ1v) is 11.4. The topological polar surface area (TPSA) is 40.6 Å². The van der Waals surface area contributed by atoms with Crippen LogP contribution >= 0.6 is 0 Å². The molecule has 1 fully saturated rings. The number of benzene rings is 2. The van der Waals surface area contributed by atoms with Crippen molar-refractivity contribution in [3.8, 4) is 0 Å². The van der Waals surface area contributed by atoms with E-state index in [1.54, 1.807) is 4.90 Å². The van der Waals surface area contributed by atoms with Gasteiger partial charge >= 0.3 is 0 Å². The van der Waals surface area contributed by atoms with Crippen LogP contribution in [0.1, 0.15) is 53.7 Å². The molecule has 2 aromatic rings. The van der Waals surface area contributed by atoms with Gasteiger partial charge in [0.25, 0.3) is 11.7 Å². The fourth-order valence-corrected chi connectivity index (χ4v) is 5.57. The lowest BCUT2D eigenvalue weighted by atomic mass is 9.86. The van der Waals surface area contributed by atoms with E-state index in [1.807, 2.05) is 26.8 Å². The van der Waals surface area contributed by atoms with Gasteiger partial charge < -0.3 is 0 Å². The van der Waals surface area contributed by atoms with Crippen LogP contribution in [0.3, 0.4) is 0 Å². The number of piperidine rings is 1. The summed E-state index contributed by atoms with van der Waals surface area (Å²) in [6, 6.07) is 14.9. The highest BCUT2D eigenvalue weighted by Crippen LogP contribution is 2.46. The number of aryl methyl sites for hydroxylation is 1. The molecule has 1 saturated heterocycles. The number of hydrogen-bond donors (Lipinski definition) is 0. The predicted molar refractivity (Wildman–Crippen MR) is 124 cm³/mol. The van der Waals surface area contributed by atoms with E-state index in [0.29, 0.717) is 5.56 Å². The van der Waals surface area contributed by atoms with Crippen molar-refractivity contribution in [3.63, 3.8) is 0 Å². The fraction of sp³-hybridized carbons (Fsp3) is 0.407. The first kappa shape index (κ1) is 20.2. The Balaban J connectivity index is 1.35. The second kappa shape index (κ2) is 7.45. The molecule has 4 heteroatoms. The second-order valence-corrected chi connectivity index (χ2v) is 9.86. The second-order valence-electron chi connectivity index (χ2n) is 9.86. The third kappa shape index (κ3) is 3.43. The van der Waals surface area contributed by atoms with Gasteiger partial charge in [-0.2, -0.15) is 0 Å². The molecule has 4 nitrogen and oxygen atoms in total. The minimum absolute atomic E-state index is 0.362. The predicted octanol–water partition coefficient (Wildman–Crippen LogP) is 4.65. The van der Waals surface area contributed by atoms with Gasteiger partial charge in [-0.3, -0.25) is 19.4 Å². The zero-order chi connectivity index (χ0) is 21.8. The van der Waals surface area contributed by atoms with Crippen molar-refractivity contribution in [2.45, 2.75) is 45.6 Å². The van der Waals surface area contributed by atoms with E-state index >= 15 is 0 Å². The molecule has 3 heterocycles. The van der Waals surface area contributed by atoms with E-state index in [1.165, 1.54) is 24.0 Å². The van der Waals surface area contributed by atoms with Gasteiger partial charge in [-0.15, -0.1) is 0 Å². The monoisotopic (exact) mass is 414 g/mol. The van der Waals surface area contributed by atoms with Crippen molar-refractivity contribution in [2.24, 2.45) is 5.92 Å². The van der Waals surface area contributed by atoms with Crippen LogP contribution in [-0.4, -0.2) is 41.8 Å². The van der Waals surface area contributed by atoms with Gasteiger partial charge in [0, 0.05) is 12.1 Å². The lowest BCUT2D eigenvalue weighted by Crippen LogP contribution is -2.48. The molecule has 31 heavy (non-hydrogen) atoms. The first-order valence-electron chi connectivity index (χ1n) is 11.4. The Hall–Kier alpha value is -2.72. The highest BCUT2D eigenvalue weighted by molar-refractivity contribution is 6.53. The molecule has 3 aliphatic rings. The van der Waals surface area contributed by atoms with Crippen LogP contribution in [0.2, 0.25) is 0 Å². The molecule has 0 atom stereocenters. The quantitative estimate of drug-likeness (QED) is 0.684. The van der Waals surface area contributed by atoms with Crippen LogP contribution in [0.25, 0.3) is 5.57 Å². The fourth-order valence-electron chi connectivity index (χ4n) is 5.57. The van der Waals surface area contributed by atoms with Crippen LogP contribution in [0.15, 0.2) is 48.5 Å². The summed E-state index contributed by atoms with van der Waals surface area (Å²) in [5, 5.41) is 0. The number of carbonyl (C=O) groups is 2. The smallest absolute Gasteiger partial charge is 0.299 e. The molecule has 2 aromatic carbocycles. The Morgan fingerprint density at radius 1 is 1.00 bits per heavy atom. The highest BCUT2D eigenvalue weighted by atomic mass is 16.2. The van der Waals surface area contributed by atoms with E-state index in [2.05, 4.69) is 47.4 Å². The summed E-state index contributed by atoms with van der Waals surface area (Å²) in [5.41, 5.74) is 5.53. The van der Waals surface area contributed by atoms with Crippen LogP contribution in [0.5, 0.6) is 0 Å². The lowest BCUT2D eigenvalue weighted by molar-refractivity contribution is -0.115. The number of nitrogens with zero attached hydrogens (tertiary/aromatic N) is 2. The van der Waals surface area contributed by atoms with E-state index in [-0.39, 0.29) is 5.78 Å². The summed E-state index contributed by atoms with van der Waals surface area (Å²) in [5.74, 6) is -0.0174. The lowest BCUT2D eigenvalue weighted by Gasteiger charge is -2.40. The van der Waals surface area contributed by atoms with Gasteiger partial charge in [0.05, 0.1) is 16.8 Å². The molecule has 160 valence electrons. The highest BCUT2D eigenvalue weighted by Gasteiger charge is 2.47. The van der Waals surface area contributed by atoms with Crippen LogP contribution in [0.4, 0.5) is 5.69 Å². The number of hydrogen-bond acceptors (Lipinski definition) is 3. The Labute approximate surface area is 184 Å². The Morgan fingerprint density at radius 3 is 2.42 bits per heavy atom. The van der Waals surface area contributed by atoms with E-state index in [4.69, 9.17) is 0 Å². The van der Waals surface area contributed by atoms with Crippen LogP contribution in [0, 0.1) is 12.8 Å². The van der Waals surface area contributed by atoms with E-state index < -0.39 is 11.4 Å².